The second-order valence-corrected chi connectivity index (χ2v) is 11.7. The van der Waals surface area contributed by atoms with E-state index in [-0.39, 0.29) is 10.8 Å². The molecule has 0 radical (unpaired) electrons. The van der Waals surface area contributed by atoms with Crippen LogP contribution < -0.4 is 0 Å². The number of nitrogens with one attached hydrogen (secondary N) is 1. The van der Waals surface area contributed by atoms with Crippen LogP contribution in [-0.2, 0) is 10.8 Å². The molecular weight excluding hydrogens is 412 g/mol. The van der Waals surface area contributed by atoms with Crippen LogP contribution in [-0.4, -0.2) is 9.55 Å². The lowest BCUT2D eigenvalue weighted by Gasteiger charge is -2.26. The molecule has 0 bridgehead atoms. The molecule has 6 rings (SSSR count). The predicted molar refractivity (Wildman–Crippen MR) is 148 cm³/mol. The maximum Gasteiger partial charge on any atom is 0.0548 e. The van der Waals surface area contributed by atoms with Gasteiger partial charge in [0.05, 0.1) is 11.0 Å². The SMILES string of the molecule is CC(C)(C)c1cc(-n2c3ccccc3c3c4c(ccc32)[nH]c2ccccc24)cc(C(C)(C)C)c1. The second kappa shape index (κ2) is 6.99. The Hall–Kier alpha value is -3.52. The third-order valence-electron chi connectivity index (χ3n) is 7.21. The van der Waals surface area contributed by atoms with Crippen molar-refractivity contribution in [1.82, 2.24) is 9.55 Å². The maximum absolute atomic E-state index is 3.63. The Balaban J connectivity index is 1.80. The average molecular weight is 445 g/mol. The Kier molecular flexibility index (Phi) is 4.33. The summed E-state index contributed by atoms with van der Waals surface area (Å²) in [6.45, 7) is 13.8. The molecule has 0 atom stereocenters. The zero-order valence-electron chi connectivity index (χ0n) is 21.0. The highest BCUT2D eigenvalue weighted by molar-refractivity contribution is 6.28. The molecule has 170 valence electrons. The molecule has 0 saturated heterocycles. The van der Waals surface area contributed by atoms with Crippen molar-refractivity contribution in [3.8, 4) is 5.69 Å². The van der Waals surface area contributed by atoms with Crippen molar-refractivity contribution in [2.24, 2.45) is 0 Å². The summed E-state index contributed by atoms with van der Waals surface area (Å²) in [4.78, 5) is 3.63. The van der Waals surface area contributed by atoms with E-state index in [9.17, 15) is 0 Å². The Morgan fingerprint density at radius 3 is 1.85 bits per heavy atom. The molecule has 0 amide bonds. The Labute approximate surface area is 201 Å². The molecule has 0 aliphatic rings. The van der Waals surface area contributed by atoms with Crippen molar-refractivity contribution in [2.75, 3.05) is 0 Å². The zero-order valence-corrected chi connectivity index (χ0v) is 21.0. The molecule has 2 aromatic heterocycles. The summed E-state index contributed by atoms with van der Waals surface area (Å²) in [7, 11) is 0. The number of benzene rings is 4. The first-order valence-electron chi connectivity index (χ1n) is 12.2. The monoisotopic (exact) mass is 444 g/mol. The third kappa shape index (κ3) is 3.09. The van der Waals surface area contributed by atoms with Crippen molar-refractivity contribution < 1.29 is 0 Å². The summed E-state index contributed by atoms with van der Waals surface area (Å²) in [5, 5.41) is 5.21. The minimum atomic E-state index is 0.0683. The Morgan fingerprint density at radius 2 is 1.18 bits per heavy atom. The normalized spacial score (nSPS) is 13.0. The lowest BCUT2D eigenvalue weighted by molar-refractivity contribution is 0.568. The van der Waals surface area contributed by atoms with E-state index in [0.29, 0.717) is 0 Å². The van der Waals surface area contributed by atoms with Crippen LogP contribution in [0, 0.1) is 0 Å². The molecule has 0 aliphatic carbocycles. The molecule has 4 aromatic carbocycles. The largest absolute Gasteiger partial charge is 0.354 e. The molecule has 34 heavy (non-hydrogen) atoms. The lowest BCUT2D eigenvalue weighted by atomic mass is 9.80. The predicted octanol–water partition coefficient (Wildman–Crippen LogP) is 9.01. The highest BCUT2D eigenvalue weighted by Crippen LogP contribution is 2.41. The zero-order chi connectivity index (χ0) is 23.8. The van der Waals surface area contributed by atoms with Crippen LogP contribution in [0.5, 0.6) is 0 Å². The number of aromatic nitrogens is 2. The number of nitrogens with zero attached hydrogens (tertiary/aromatic N) is 1. The van der Waals surface area contributed by atoms with E-state index in [2.05, 4.69) is 130 Å². The number of fused-ring (bicyclic) bond motifs is 7. The average Bonchev–Trinajstić information content (AvgIpc) is 3.33. The van der Waals surface area contributed by atoms with Crippen LogP contribution in [0.2, 0.25) is 0 Å². The number of aromatic amines is 1. The second-order valence-electron chi connectivity index (χ2n) is 11.7. The quantitative estimate of drug-likeness (QED) is 0.261. The van der Waals surface area contributed by atoms with Crippen LogP contribution in [0.4, 0.5) is 0 Å². The first-order valence-corrected chi connectivity index (χ1v) is 12.2. The van der Waals surface area contributed by atoms with Gasteiger partial charge in [-0.1, -0.05) is 84.0 Å². The molecule has 0 unspecified atom stereocenters. The van der Waals surface area contributed by atoms with Gasteiger partial charge in [-0.3, -0.25) is 0 Å². The summed E-state index contributed by atoms with van der Waals surface area (Å²) in [6.07, 6.45) is 0. The van der Waals surface area contributed by atoms with Crippen molar-refractivity contribution in [3.63, 3.8) is 0 Å². The van der Waals surface area contributed by atoms with Crippen molar-refractivity contribution in [3.05, 3.63) is 90.0 Å². The van der Waals surface area contributed by atoms with Gasteiger partial charge < -0.3 is 9.55 Å². The molecule has 2 heteroatoms. The summed E-state index contributed by atoms with van der Waals surface area (Å²) < 4.78 is 2.47. The van der Waals surface area contributed by atoms with Gasteiger partial charge >= 0.3 is 0 Å². The van der Waals surface area contributed by atoms with Crippen molar-refractivity contribution in [1.29, 1.82) is 0 Å². The fourth-order valence-electron chi connectivity index (χ4n) is 5.28. The first kappa shape index (κ1) is 21.0. The minimum Gasteiger partial charge on any atom is -0.354 e. The van der Waals surface area contributed by atoms with E-state index in [4.69, 9.17) is 0 Å². The van der Waals surface area contributed by atoms with E-state index in [0.717, 1.165) is 0 Å². The van der Waals surface area contributed by atoms with Gasteiger partial charge in [0.25, 0.3) is 0 Å². The molecule has 2 nitrogen and oxygen atoms in total. The number of rotatable bonds is 1. The van der Waals surface area contributed by atoms with Crippen molar-refractivity contribution >= 4 is 43.6 Å². The van der Waals surface area contributed by atoms with E-state index in [1.165, 1.54) is 60.4 Å². The van der Waals surface area contributed by atoms with E-state index < -0.39 is 0 Å². The molecule has 1 N–H and O–H groups in total. The molecule has 0 saturated carbocycles. The van der Waals surface area contributed by atoms with Gasteiger partial charge in [-0.2, -0.15) is 0 Å². The summed E-state index contributed by atoms with van der Waals surface area (Å²) in [5.41, 5.74) is 9.00. The third-order valence-corrected chi connectivity index (χ3v) is 7.21. The van der Waals surface area contributed by atoms with Crippen LogP contribution in [0.1, 0.15) is 52.7 Å². The standard InChI is InChI=1S/C32H32N2/c1-31(2,3)20-17-21(32(4,5)6)19-22(18-20)34-27-14-10-8-12-24(27)30-28(34)16-15-26-29(30)23-11-7-9-13-25(23)33-26/h7-19,33H,1-6H3. The van der Waals surface area contributed by atoms with Crippen LogP contribution in [0.3, 0.4) is 0 Å². The number of hydrogen-bond acceptors (Lipinski definition) is 0. The number of hydrogen-bond donors (Lipinski definition) is 1. The smallest absolute Gasteiger partial charge is 0.0548 e. The molecule has 2 heterocycles. The fourth-order valence-corrected chi connectivity index (χ4v) is 5.28. The van der Waals surface area contributed by atoms with Gasteiger partial charge in [0.15, 0.2) is 0 Å². The van der Waals surface area contributed by atoms with Gasteiger partial charge in [0, 0.05) is 38.3 Å². The highest BCUT2D eigenvalue weighted by atomic mass is 15.0. The topological polar surface area (TPSA) is 20.7 Å². The summed E-state index contributed by atoms with van der Waals surface area (Å²) >= 11 is 0. The molecule has 6 aromatic rings. The van der Waals surface area contributed by atoms with Gasteiger partial charge in [-0.05, 0) is 58.4 Å². The van der Waals surface area contributed by atoms with Crippen LogP contribution in [0.15, 0.2) is 78.9 Å². The molecule has 0 spiro atoms. The molecule has 0 fully saturated rings. The van der Waals surface area contributed by atoms with E-state index >= 15 is 0 Å². The van der Waals surface area contributed by atoms with Crippen LogP contribution >= 0.6 is 0 Å². The van der Waals surface area contributed by atoms with Gasteiger partial charge in [0.1, 0.15) is 0 Å². The Bertz CT molecular complexity index is 1680. The van der Waals surface area contributed by atoms with Gasteiger partial charge in [-0.15, -0.1) is 0 Å². The number of H-pyrrole nitrogens is 1. The molecule has 0 aliphatic heterocycles. The fraction of sp³-hybridized carbons (Fsp3) is 0.250. The van der Waals surface area contributed by atoms with E-state index in [1.54, 1.807) is 0 Å². The number of para-hydroxylation sites is 2. The van der Waals surface area contributed by atoms with Gasteiger partial charge in [-0.25, -0.2) is 0 Å². The Morgan fingerprint density at radius 1 is 0.559 bits per heavy atom. The summed E-state index contributed by atoms with van der Waals surface area (Å²) in [5.74, 6) is 0. The maximum atomic E-state index is 3.63. The van der Waals surface area contributed by atoms with Gasteiger partial charge in [0.2, 0.25) is 0 Å². The first-order chi connectivity index (χ1) is 16.1. The summed E-state index contributed by atoms with van der Waals surface area (Å²) in [6, 6.07) is 29.2. The lowest BCUT2D eigenvalue weighted by Crippen LogP contribution is -2.17. The van der Waals surface area contributed by atoms with E-state index in [1.807, 2.05) is 0 Å². The van der Waals surface area contributed by atoms with Crippen molar-refractivity contribution in [2.45, 2.75) is 52.4 Å². The molecular formula is C32H32N2. The minimum absolute atomic E-state index is 0.0683. The van der Waals surface area contributed by atoms with Crippen LogP contribution in [0.25, 0.3) is 49.3 Å². The highest BCUT2D eigenvalue weighted by Gasteiger charge is 2.23.